The summed E-state index contributed by atoms with van der Waals surface area (Å²) in [4.78, 5) is 21.2. The number of para-hydroxylation sites is 2. The first-order valence-electron chi connectivity index (χ1n) is 9.29. The number of tetrazole rings is 1. The van der Waals surface area contributed by atoms with Crippen LogP contribution < -0.4 is 10.6 Å². The summed E-state index contributed by atoms with van der Waals surface area (Å²) >= 11 is 0. The molecule has 1 amide bonds. The quantitative estimate of drug-likeness (QED) is 0.470. The summed E-state index contributed by atoms with van der Waals surface area (Å²) < 4.78 is 1.63. The summed E-state index contributed by atoms with van der Waals surface area (Å²) in [5, 5.41) is 18.0. The standard InChI is InChI=1S/C21H16N8O/c30-21(23-13-14-8-10-22-11-9-14)15-4-3-5-16(12-15)24-19-20-26-27-28-29(20)18-7-2-1-6-17(18)25-19/h1-12H,13H2,(H,23,30)(H,24,25). The van der Waals surface area contributed by atoms with E-state index in [4.69, 9.17) is 0 Å². The van der Waals surface area contributed by atoms with E-state index in [9.17, 15) is 4.79 Å². The molecule has 0 aliphatic carbocycles. The normalized spacial score (nSPS) is 10.9. The minimum Gasteiger partial charge on any atom is -0.348 e. The molecule has 9 nitrogen and oxygen atoms in total. The van der Waals surface area contributed by atoms with Crippen molar-refractivity contribution >= 4 is 34.1 Å². The van der Waals surface area contributed by atoms with E-state index in [1.54, 1.807) is 29.0 Å². The zero-order valence-corrected chi connectivity index (χ0v) is 15.7. The highest BCUT2D eigenvalue weighted by molar-refractivity contribution is 5.95. The van der Waals surface area contributed by atoms with Crippen molar-refractivity contribution in [2.24, 2.45) is 0 Å². The lowest BCUT2D eigenvalue weighted by atomic mass is 10.1. The van der Waals surface area contributed by atoms with Crippen molar-refractivity contribution in [3.8, 4) is 0 Å². The highest BCUT2D eigenvalue weighted by atomic mass is 16.1. The molecule has 0 saturated carbocycles. The molecule has 0 fully saturated rings. The number of hydrogen-bond donors (Lipinski definition) is 2. The van der Waals surface area contributed by atoms with Gasteiger partial charge < -0.3 is 10.6 Å². The van der Waals surface area contributed by atoms with Crippen molar-refractivity contribution in [1.29, 1.82) is 0 Å². The van der Waals surface area contributed by atoms with E-state index in [2.05, 4.69) is 36.1 Å². The van der Waals surface area contributed by atoms with Crippen LogP contribution in [0.25, 0.3) is 16.7 Å². The van der Waals surface area contributed by atoms with Crippen LogP contribution in [-0.2, 0) is 6.54 Å². The summed E-state index contributed by atoms with van der Waals surface area (Å²) in [5.41, 5.74) is 4.29. The highest BCUT2D eigenvalue weighted by Gasteiger charge is 2.12. The fourth-order valence-corrected chi connectivity index (χ4v) is 3.15. The second-order valence-electron chi connectivity index (χ2n) is 6.61. The minimum atomic E-state index is -0.170. The molecule has 0 unspecified atom stereocenters. The Labute approximate surface area is 170 Å². The molecule has 9 heteroatoms. The van der Waals surface area contributed by atoms with Gasteiger partial charge in [0.1, 0.15) is 0 Å². The molecule has 2 aromatic carbocycles. The molecule has 0 bridgehead atoms. The number of pyridine rings is 1. The molecule has 146 valence electrons. The Balaban J connectivity index is 1.40. The molecule has 0 atom stereocenters. The smallest absolute Gasteiger partial charge is 0.251 e. The van der Waals surface area contributed by atoms with Crippen LogP contribution in [0.1, 0.15) is 15.9 Å². The van der Waals surface area contributed by atoms with Gasteiger partial charge >= 0.3 is 0 Å². The fourth-order valence-electron chi connectivity index (χ4n) is 3.15. The molecule has 0 aliphatic rings. The summed E-state index contributed by atoms with van der Waals surface area (Å²) in [7, 11) is 0. The van der Waals surface area contributed by atoms with Crippen LogP contribution in [0, 0.1) is 0 Å². The van der Waals surface area contributed by atoms with Crippen molar-refractivity contribution in [3.05, 3.63) is 84.2 Å². The number of amides is 1. The molecule has 0 radical (unpaired) electrons. The minimum absolute atomic E-state index is 0.170. The number of aromatic nitrogens is 6. The SMILES string of the molecule is O=C(NCc1ccncc1)c1cccc(Nc2nc3ccccc3n3nnnc23)c1. The Morgan fingerprint density at radius 2 is 1.87 bits per heavy atom. The number of hydrogen-bond acceptors (Lipinski definition) is 7. The van der Waals surface area contributed by atoms with Crippen molar-refractivity contribution < 1.29 is 4.79 Å². The van der Waals surface area contributed by atoms with Gasteiger partial charge in [-0.25, -0.2) is 4.98 Å². The number of carbonyl (C=O) groups excluding carboxylic acids is 1. The van der Waals surface area contributed by atoms with Crippen molar-refractivity contribution in [3.63, 3.8) is 0 Å². The van der Waals surface area contributed by atoms with E-state index in [-0.39, 0.29) is 5.91 Å². The zero-order chi connectivity index (χ0) is 20.3. The third-order valence-corrected chi connectivity index (χ3v) is 4.61. The second-order valence-corrected chi connectivity index (χ2v) is 6.61. The lowest BCUT2D eigenvalue weighted by Gasteiger charge is -2.10. The third kappa shape index (κ3) is 3.39. The molecule has 5 rings (SSSR count). The predicted molar refractivity (Wildman–Crippen MR) is 111 cm³/mol. The van der Waals surface area contributed by atoms with Crippen molar-refractivity contribution in [2.75, 3.05) is 5.32 Å². The van der Waals surface area contributed by atoms with Crippen molar-refractivity contribution in [2.45, 2.75) is 6.54 Å². The molecular weight excluding hydrogens is 380 g/mol. The second kappa shape index (κ2) is 7.55. The molecule has 30 heavy (non-hydrogen) atoms. The van der Waals surface area contributed by atoms with Gasteiger partial charge in [0.25, 0.3) is 5.91 Å². The molecule has 3 heterocycles. The van der Waals surface area contributed by atoms with E-state index in [0.29, 0.717) is 29.3 Å². The molecule has 2 N–H and O–H groups in total. The lowest BCUT2D eigenvalue weighted by Crippen LogP contribution is -2.22. The van der Waals surface area contributed by atoms with Crippen molar-refractivity contribution in [1.82, 2.24) is 35.3 Å². The number of carbonyl (C=O) groups is 1. The molecule has 5 aromatic rings. The van der Waals surface area contributed by atoms with E-state index in [1.807, 2.05) is 48.5 Å². The number of anilines is 2. The fraction of sp³-hybridized carbons (Fsp3) is 0.0476. The predicted octanol–water partition coefficient (Wildman–Crippen LogP) is 2.74. The first kappa shape index (κ1) is 17.7. The van der Waals surface area contributed by atoms with E-state index in [0.717, 1.165) is 16.6 Å². The van der Waals surface area contributed by atoms with Gasteiger partial charge in [0.2, 0.25) is 5.65 Å². The number of fused-ring (bicyclic) bond motifs is 3. The number of benzene rings is 2. The Morgan fingerprint density at radius 1 is 1.00 bits per heavy atom. The number of nitrogens with one attached hydrogen (secondary N) is 2. The summed E-state index contributed by atoms with van der Waals surface area (Å²) in [5.74, 6) is 0.337. The average Bonchev–Trinajstić information content (AvgIpc) is 3.29. The maximum Gasteiger partial charge on any atom is 0.251 e. The average molecular weight is 396 g/mol. The maximum absolute atomic E-state index is 12.6. The van der Waals surface area contributed by atoms with Gasteiger partial charge in [-0.05, 0) is 58.5 Å². The Hall–Kier alpha value is -4.40. The molecule has 0 saturated heterocycles. The van der Waals surface area contributed by atoms with Crippen LogP contribution in [0.5, 0.6) is 0 Å². The van der Waals surface area contributed by atoms with Crippen LogP contribution in [-0.4, -0.2) is 35.9 Å². The number of rotatable bonds is 5. The van der Waals surface area contributed by atoms with Crippen LogP contribution in [0.2, 0.25) is 0 Å². The maximum atomic E-state index is 12.6. The summed E-state index contributed by atoms with van der Waals surface area (Å²) in [6.45, 7) is 0.428. The van der Waals surface area contributed by atoms with E-state index < -0.39 is 0 Å². The van der Waals surface area contributed by atoms with Gasteiger partial charge in [0.05, 0.1) is 11.0 Å². The third-order valence-electron chi connectivity index (χ3n) is 4.61. The molecular formula is C21H16N8O. The van der Waals surface area contributed by atoms with E-state index >= 15 is 0 Å². The van der Waals surface area contributed by atoms with Gasteiger partial charge in [-0.1, -0.05) is 18.2 Å². The van der Waals surface area contributed by atoms with Gasteiger partial charge in [0.15, 0.2) is 5.82 Å². The van der Waals surface area contributed by atoms with Gasteiger partial charge in [0, 0.05) is 30.2 Å². The first-order valence-corrected chi connectivity index (χ1v) is 9.29. The molecule has 0 aliphatic heterocycles. The van der Waals surface area contributed by atoms with Crippen LogP contribution in [0.15, 0.2) is 73.1 Å². The number of nitrogens with zero attached hydrogens (tertiary/aromatic N) is 6. The molecule has 0 spiro atoms. The Morgan fingerprint density at radius 3 is 2.77 bits per heavy atom. The topological polar surface area (TPSA) is 110 Å². The Bertz CT molecular complexity index is 1350. The van der Waals surface area contributed by atoms with Gasteiger partial charge in [-0.2, -0.15) is 4.52 Å². The lowest BCUT2D eigenvalue weighted by molar-refractivity contribution is 0.0951. The molecule has 3 aromatic heterocycles. The monoisotopic (exact) mass is 396 g/mol. The van der Waals surface area contributed by atoms with Crippen LogP contribution >= 0.6 is 0 Å². The summed E-state index contributed by atoms with van der Waals surface area (Å²) in [6.07, 6.45) is 3.39. The van der Waals surface area contributed by atoms with Gasteiger partial charge in [-0.3, -0.25) is 9.78 Å². The Kier molecular flexibility index (Phi) is 4.45. The summed E-state index contributed by atoms with van der Waals surface area (Å²) in [6, 6.07) is 18.5. The first-order chi connectivity index (χ1) is 14.8. The van der Waals surface area contributed by atoms with Gasteiger partial charge in [-0.15, -0.1) is 5.10 Å². The zero-order valence-electron chi connectivity index (χ0n) is 15.7. The van der Waals surface area contributed by atoms with Crippen LogP contribution in [0.4, 0.5) is 11.5 Å². The highest BCUT2D eigenvalue weighted by Crippen LogP contribution is 2.23. The largest absolute Gasteiger partial charge is 0.348 e. The van der Waals surface area contributed by atoms with Crippen LogP contribution in [0.3, 0.4) is 0 Å². The van der Waals surface area contributed by atoms with E-state index in [1.165, 1.54) is 0 Å².